The third kappa shape index (κ3) is 2.68. The Morgan fingerprint density at radius 3 is 2.33 bits per heavy atom. The fourth-order valence-electron chi connectivity index (χ4n) is 3.04. The zero-order chi connectivity index (χ0) is 17.6. The highest BCUT2D eigenvalue weighted by Gasteiger charge is 2.46. The number of rotatable bonds is 2. The highest BCUT2D eigenvalue weighted by molar-refractivity contribution is 7.89. The van der Waals surface area contributed by atoms with Gasteiger partial charge in [0, 0.05) is 31.7 Å². The molecule has 1 aromatic rings. The monoisotopic (exact) mass is 371 g/mol. The summed E-state index contributed by atoms with van der Waals surface area (Å²) in [6.45, 7) is 2.01. The molecule has 0 unspecified atom stereocenters. The maximum atomic E-state index is 12.8. The van der Waals surface area contributed by atoms with Gasteiger partial charge >= 0.3 is 0 Å². The van der Waals surface area contributed by atoms with E-state index in [1.54, 1.807) is 14.0 Å². The van der Waals surface area contributed by atoms with E-state index in [9.17, 15) is 18.0 Å². The molecule has 7 nitrogen and oxygen atoms in total. The summed E-state index contributed by atoms with van der Waals surface area (Å²) in [6.07, 6.45) is 0. The molecule has 2 fully saturated rings. The number of amides is 2. The van der Waals surface area contributed by atoms with Gasteiger partial charge in [0.1, 0.15) is 12.1 Å². The first kappa shape index (κ1) is 17.2. The van der Waals surface area contributed by atoms with Crippen molar-refractivity contribution < 1.29 is 18.0 Å². The Labute approximate surface area is 145 Å². The number of benzene rings is 1. The smallest absolute Gasteiger partial charge is 0.247 e. The fourth-order valence-corrected chi connectivity index (χ4v) is 4.60. The number of halogens is 1. The molecule has 0 N–H and O–H groups in total. The zero-order valence-electron chi connectivity index (χ0n) is 13.3. The molecule has 3 rings (SSSR count). The number of hydrogen-bond acceptors (Lipinski definition) is 4. The first-order chi connectivity index (χ1) is 11.2. The maximum Gasteiger partial charge on any atom is 0.247 e. The number of carbonyl (C=O) groups is 2. The van der Waals surface area contributed by atoms with Crippen molar-refractivity contribution in [2.75, 3.05) is 26.7 Å². The van der Waals surface area contributed by atoms with Crippen LogP contribution in [-0.4, -0.2) is 73.1 Å². The molecule has 1 aromatic carbocycles. The standard InChI is InChI=1S/C15H18ClN3O4S/c1-10-14(20)19-8-7-18(9-13(19)15(21)17(10)2)24(22,23)12-5-3-11(16)4-6-12/h3-6,10,13H,7-9H2,1-2H3/t10-,13+/m0/s1. The van der Waals surface area contributed by atoms with E-state index < -0.39 is 22.1 Å². The lowest BCUT2D eigenvalue weighted by Gasteiger charge is -2.47. The van der Waals surface area contributed by atoms with E-state index in [0.717, 1.165) is 0 Å². The van der Waals surface area contributed by atoms with E-state index in [0.29, 0.717) is 5.02 Å². The van der Waals surface area contributed by atoms with Crippen molar-refractivity contribution in [3.05, 3.63) is 29.3 Å². The number of hydrogen-bond donors (Lipinski definition) is 0. The molecule has 0 radical (unpaired) electrons. The van der Waals surface area contributed by atoms with Crippen LogP contribution in [0.5, 0.6) is 0 Å². The molecule has 2 aliphatic heterocycles. The van der Waals surface area contributed by atoms with E-state index in [2.05, 4.69) is 0 Å². The lowest BCUT2D eigenvalue weighted by molar-refractivity contribution is -0.161. The van der Waals surface area contributed by atoms with Gasteiger partial charge in [-0.3, -0.25) is 9.59 Å². The molecular weight excluding hydrogens is 354 g/mol. The normalized spacial score (nSPS) is 25.8. The van der Waals surface area contributed by atoms with Gasteiger partial charge in [-0.15, -0.1) is 0 Å². The number of piperazine rings is 2. The number of carbonyl (C=O) groups excluding carboxylic acids is 2. The Bertz CT molecular complexity index is 780. The number of sulfonamides is 1. The number of nitrogens with zero attached hydrogens (tertiary/aromatic N) is 3. The van der Waals surface area contributed by atoms with Crippen LogP contribution in [0.4, 0.5) is 0 Å². The summed E-state index contributed by atoms with van der Waals surface area (Å²) in [5.74, 6) is -0.385. The van der Waals surface area contributed by atoms with Gasteiger partial charge in [0.2, 0.25) is 21.8 Å². The van der Waals surface area contributed by atoms with Gasteiger partial charge in [-0.05, 0) is 31.2 Å². The second-order valence-electron chi connectivity index (χ2n) is 5.99. The van der Waals surface area contributed by atoms with Crippen LogP contribution in [0.2, 0.25) is 5.02 Å². The van der Waals surface area contributed by atoms with Gasteiger partial charge in [0.05, 0.1) is 4.90 Å². The van der Waals surface area contributed by atoms with Crippen molar-refractivity contribution in [1.82, 2.24) is 14.1 Å². The van der Waals surface area contributed by atoms with Gasteiger partial charge in [-0.25, -0.2) is 8.42 Å². The van der Waals surface area contributed by atoms with Crippen LogP contribution in [0.1, 0.15) is 6.92 Å². The van der Waals surface area contributed by atoms with Crippen LogP contribution < -0.4 is 0 Å². The van der Waals surface area contributed by atoms with Gasteiger partial charge in [-0.1, -0.05) is 11.6 Å². The molecule has 0 aromatic heterocycles. The minimum absolute atomic E-state index is 0.0351. The van der Waals surface area contributed by atoms with Crippen LogP contribution in [0.25, 0.3) is 0 Å². The largest absolute Gasteiger partial charge is 0.332 e. The second kappa shape index (κ2) is 6.02. The van der Waals surface area contributed by atoms with Crippen LogP contribution in [0.3, 0.4) is 0 Å². The van der Waals surface area contributed by atoms with E-state index in [4.69, 9.17) is 11.6 Å². The van der Waals surface area contributed by atoms with E-state index in [-0.39, 0.29) is 36.3 Å². The SMILES string of the molecule is C[C@H]1C(=O)N2CCN(S(=O)(=O)c3ccc(Cl)cc3)C[C@@H]2C(=O)N1C. The predicted molar refractivity (Wildman–Crippen MR) is 87.9 cm³/mol. The molecule has 2 saturated heterocycles. The summed E-state index contributed by atoms with van der Waals surface area (Å²) in [6, 6.07) is 4.60. The van der Waals surface area contributed by atoms with E-state index in [1.165, 1.54) is 38.4 Å². The Morgan fingerprint density at radius 1 is 1.08 bits per heavy atom. The summed E-state index contributed by atoms with van der Waals surface area (Å²) in [4.78, 5) is 27.8. The second-order valence-corrected chi connectivity index (χ2v) is 8.36. The molecule has 2 amide bonds. The van der Waals surface area contributed by atoms with Crippen molar-refractivity contribution >= 4 is 33.4 Å². The molecule has 0 aliphatic carbocycles. The zero-order valence-corrected chi connectivity index (χ0v) is 14.9. The maximum absolute atomic E-state index is 12.8. The Morgan fingerprint density at radius 2 is 1.71 bits per heavy atom. The first-order valence-electron chi connectivity index (χ1n) is 7.56. The van der Waals surface area contributed by atoms with Crippen LogP contribution in [0.15, 0.2) is 29.2 Å². The first-order valence-corrected chi connectivity index (χ1v) is 9.38. The highest BCUT2D eigenvalue weighted by Crippen LogP contribution is 2.25. The molecule has 24 heavy (non-hydrogen) atoms. The van der Waals surface area contributed by atoms with Crippen molar-refractivity contribution in [3.8, 4) is 0 Å². The molecule has 0 bridgehead atoms. The van der Waals surface area contributed by atoms with Gasteiger partial charge in [0.25, 0.3) is 0 Å². The van der Waals surface area contributed by atoms with Gasteiger partial charge in [0.15, 0.2) is 0 Å². The average Bonchev–Trinajstić information content (AvgIpc) is 2.58. The summed E-state index contributed by atoms with van der Waals surface area (Å²) in [5.41, 5.74) is 0. The van der Waals surface area contributed by atoms with E-state index in [1.807, 2.05) is 0 Å². The summed E-state index contributed by atoms with van der Waals surface area (Å²) in [5, 5.41) is 0.447. The van der Waals surface area contributed by atoms with Crippen LogP contribution in [0, 0.1) is 0 Å². The summed E-state index contributed by atoms with van der Waals surface area (Å²) in [7, 11) is -2.17. The minimum atomic E-state index is -3.74. The van der Waals surface area contributed by atoms with Crippen molar-refractivity contribution in [3.63, 3.8) is 0 Å². The van der Waals surface area contributed by atoms with E-state index >= 15 is 0 Å². The molecule has 9 heteroatoms. The minimum Gasteiger partial charge on any atom is -0.332 e. The molecule has 2 atom stereocenters. The quantitative estimate of drug-likeness (QED) is 0.754. The van der Waals surface area contributed by atoms with Gasteiger partial charge in [-0.2, -0.15) is 4.31 Å². The molecule has 130 valence electrons. The van der Waals surface area contributed by atoms with Crippen LogP contribution >= 0.6 is 11.6 Å². The average molecular weight is 372 g/mol. The third-order valence-electron chi connectivity index (χ3n) is 4.65. The summed E-state index contributed by atoms with van der Waals surface area (Å²) < 4.78 is 26.8. The lowest BCUT2D eigenvalue weighted by atomic mass is 10.0. The highest BCUT2D eigenvalue weighted by atomic mass is 35.5. The lowest BCUT2D eigenvalue weighted by Crippen LogP contribution is -2.69. The van der Waals surface area contributed by atoms with Gasteiger partial charge < -0.3 is 9.80 Å². The predicted octanol–water partition coefficient (Wildman–Crippen LogP) is 0.402. The number of likely N-dealkylation sites (N-methyl/N-ethyl adjacent to an activating group) is 1. The topological polar surface area (TPSA) is 78.0 Å². The van der Waals surface area contributed by atoms with Crippen LogP contribution in [-0.2, 0) is 19.6 Å². The van der Waals surface area contributed by atoms with Crippen molar-refractivity contribution in [1.29, 1.82) is 0 Å². The molecule has 0 saturated carbocycles. The Hall–Kier alpha value is -1.64. The molecule has 2 aliphatic rings. The number of fused-ring (bicyclic) bond motifs is 1. The Kier molecular flexibility index (Phi) is 4.31. The summed E-state index contributed by atoms with van der Waals surface area (Å²) >= 11 is 5.80. The molecule has 2 heterocycles. The molecular formula is C15H18ClN3O4S. The third-order valence-corrected chi connectivity index (χ3v) is 6.78. The fraction of sp³-hybridized carbons (Fsp3) is 0.467. The van der Waals surface area contributed by atoms with Crippen molar-refractivity contribution in [2.24, 2.45) is 0 Å². The Balaban J connectivity index is 1.87. The van der Waals surface area contributed by atoms with Crippen molar-refractivity contribution in [2.45, 2.75) is 23.9 Å². The molecule has 0 spiro atoms.